The van der Waals surface area contributed by atoms with Gasteiger partial charge in [0, 0.05) is 5.56 Å². The summed E-state index contributed by atoms with van der Waals surface area (Å²) in [5.74, 6) is -0.987. The van der Waals surface area contributed by atoms with Gasteiger partial charge in [0.05, 0.1) is 5.56 Å². The van der Waals surface area contributed by atoms with Crippen molar-refractivity contribution in [3.05, 3.63) is 48.0 Å². The molecule has 0 aliphatic heterocycles. The van der Waals surface area contributed by atoms with Gasteiger partial charge in [-0.2, -0.15) is 18.3 Å². The van der Waals surface area contributed by atoms with Crippen LogP contribution in [0.3, 0.4) is 0 Å². The number of rotatable bonds is 3. The molecule has 100 valence electrons. The SMILES string of the molecule is O=C(c1ccc(C(F)(F)F)cc1)C(F)n1cncn1. The Morgan fingerprint density at radius 3 is 2.32 bits per heavy atom. The van der Waals surface area contributed by atoms with E-state index in [4.69, 9.17) is 0 Å². The lowest BCUT2D eigenvalue weighted by atomic mass is 10.1. The Hall–Kier alpha value is -2.25. The first-order chi connectivity index (χ1) is 8.89. The van der Waals surface area contributed by atoms with Crippen molar-refractivity contribution in [2.75, 3.05) is 0 Å². The summed E-state index contributed by atoms with van der Waals surface area (Å²) in [6.07, 6.45) is -4.55. The normalized spacial score (nSPS) is 13.3. The highest BCUT2D eigenvalue weighted by atomic mass is 19.4. The molecule has 0 aliphatic carbocycles. The van der Waals surface area contributed by atoms with Crippen LogP contribution in [-0.2, 0) is 6.18 Å². The second-order valence-electron chi connectivity index (χ2n) is 3.65. The fourth-order valence-electron chi connectivity index (χ4n) is 1.42. The van der Waals surface area contributed by atoms with E-state index in [9.17, 15) is 22.4 Å². The van der Waals surface area contributed by atoms with Gasteiger partial charge in [-0.15, -0.1) is 0 Å². The van der Waals surface area contributed by atoms with Gasteiger partial charge in [0.25, 0.3) is 6.30 Å². The minimum absolute atomic E-state index is 0.170. The molecule has 1 aromatic heterocycles. The van der Waals surface area contributed by atoms with Gasteiger partial charge in [-0.1, -0.05) is 12.1 Å². The highest BCUT2D eigenvalue weighted by Gasteiger charge is 2.30. The van der Waals surface area contributed by atoms with Crippen molar-refractivity contribution in [1.82, 2.24) is 14.8 Å². The molecule has 0 spiro atoms. The number of ketones is 1. The van der Waals surface area contributed by atoms with Crippen molar-refractivity contribution < 1.29 is 22.4 Å². The number of aromatic nitrogens is 3. The summed E-state index contributed by atoms with van der Waals surface area (Å²) >= 11 is 0. The molecule has 0 saturated carbocycles. The van der Waals surface area contributed by atoms with Crippen molar-refractivity contribution >= 4 is 5.78 Å². The number of halogens is 4. The Kier molecular flexibility index (Phi) is 3.32. The van der Waals surface area contributed by atoms with E-state index >= 15 is 0 Å². The molecule has 0 N–H and O–H groups in total. The minimum atomic E-state index is -4.50. The van der Waals surface area contributed by atoms with E-state index in [0.717, 1.165) is 36.9 Å². The molecule has 0 fully saturated rings. The molecule has 2 rings (SSSR count). The molecule has 0 amide bonds. The second kappa shape index (κ2) is 4.79. The molecule has 0 aliphatic rings. The van der Waals surface area contributed by atoms with Gasteiger partial charge in [0.1, 0.15) is 12.7 Å². The van der Waals surface area contributed by atoms with Crippen molar-refractivity contribution in [2.45, 2.75) is 12.5 Å². The molecular formula is C11H7F4N3O. The van der Waals surface area contributed by atoms with Crippen LogP contribution >= 0.6 is 0 Å². The third-order valence-electron chi connectivity index (χ3n) is 2.38. The van der Waals surface area contributed by atoms with Crippen LogP contribution in [-0.4, -0.2) is 20.5 Å². The number of benzene rings is 1. The average Bonchev–Trinajstić information content (AvgIpc) is 2.90. The van der Waals surface area contributed by atoms with Gasteiger partial charge in [0.2, 0.25) is 5.78 Å². The van der Waals surface area contributed by atoms with E-state index in [1.165, 1.54) is 0 Å². The van der Waals surface area contributed by atoms with Crippen LogP contribution in [0.25, 0.3) is 0 Å². The number of hydrogen-bond acceptors (Lipinski definition) is 3. The van der Waals surface area contributed by atoms with E-state index in [2.05, 4.69) is 10.1 Å². The van der Waals surface area contributed by atoms with Crippen LogP contribution in [0.4, 0.5) is 17.6 Å². The lowest BCUT2D eigenvalue weighted by molar-refractivity contribution is -0.137. The molecular weight excluding hydrogens is 266 g/mol. The summed E-state index contributed by atoms with van der Waals surface area (Å²) in [5, 5.41) is 3.45. The maximum absolute atomic E-state index is 13.7. The van der Waals surface area contributed by atoms with E-state index in [1.807, 2.05) is 0 Å². The maximum Gasteiger partial charge on any atom is 0.416 e. The van der Waals surface area contributed by atoms with E-state index < -0.39 is 23.8 Å². The summed E-state index contributed by atoms with van der Waals surface area (Å²) in [6, 6.07) is 3.30. The monoisotopic (exact) mass is 273 g/mol. The standard InChI is InChI=1S/C11H7F4N3O/c12-10(18-6-16-5-17-18)9(19)7-1-3-8(4-2-7)11(13,14)15/h1-6,10H. The van der Waals surface area contributed by atoms with Gasteiger partial charge < -0.3 is 0 Å². The van der Waals surface area contributed by atoms with Crippen LogP contribution in [0.15, 0.2) is 36.9 Å². The molecule has 2 aromatic rings. The molecule has 1 unspecified atom stereocenters. The minimum Gasteiger partial charge on any atom is -0.289 e. The topological polar surface area (TPSA) is 47.8 Å². The zero-order chi connectivity index (χ0) is 14.0. The Bertz CT molecular complexity index is 563. The van der Waals surface area contributed by atoms with Crippen LogP contribution in [0.2, 0.25) is 0 Å². The first kappa shape index (κ1) is 13.2. The smallest absolute Gasteiger partial charge is 0.289 e. The summed E-state index contributed by atoms with van der Waals surface area (Å²) in [6.45, 7) is 0. The summed E-state index contributed by atoms with van der Waals surface area (Å²) in [5.41, 5.74) is -1.07. The van der Waals surface area contributed by atoms with Gasteiger partial charge in [-0.25, -0.2) is 14.1 Å². The molecule has 1 heterocycles. The van der Waals surface area contributed by atoms with Crippen molar-refractivity contribution in [3.8, 4) is 0 Å². The molecule has 8 heteroatoms. The highest BCUT2D eigenvalue weighted by Crippen LogP contribution is 2.29. The first-order valence-electron chi connectivity index (χ1n) is 5.09. The molecule has 4 nitrogen and oxygen atoms in total. The van der Waals surface area contributed by atoms with Crippen LogP contribution in [0, 0.1) is 0 Å². The Morgan fingerprint density at radius 1 is 1.21 bits per heavy atom. The largest absolute Gasteiger partial charge is 0.416 e. The predicted molar refractivity (Wildman–Crippen MR) is 55.9 cm³/mol. The molecule has 1 aromatic carbocycles. The Balaban J connectivity index is 2.21. The van der Waals surface area contributed by atoms with E-state index in [1.54, 1.807) is 0 Å². The Labute approximate surface area is 104 Å². The van der Waals surface area contributed by atoms with Crippen LogP contribution in [0.1, 0.15) is 22.2 Å². The lowest BCUT2D eigenvalue weighted by Crippen LogP contribution is -2.16. The number of Topliss-reactive ketones (excluding diaryl/α,β-unsaturated/α-hetero) is 1. The Morgan fingerprint density at radius 2 is 1.84 bits per heavy atom. The third kappa shape index (κ3) is 2.78. The maximum atomic E-state index is 13.7. The summed E-state index contributed by atoms with van der Waals surface area (Å²) in [4.78, 5) is 15.1. The molecule has 1 atom stereocenters. The predicted octanol–water partition coefficient (Wildman–Crippen LogP) is 2.65. The number of nitrogens with zero attached hydrogens (tertiary/aromatic N) is 3. The number of alkyl halides is 4. The number of carbonyl (C=O) groups excluding carboxylic acids is 1. The van der Waals surface area contributed by atoms with Gasteiger partial charge in [-0.3, -0.25) is 4.79 Å². The van der Waals surface area contributed by atoms with Crippen LogP contribution in [0.5, 0.6) is 0 Å². The average molecular weight is 273 g/mol. The highest BCUT2D eigenvalue weighted by molar-refractivity contribution is 5.98. The summed E-state index contributed by atoms with van der Waals surface area (Å²) in [7, 11) is 0. The molecule has 0 radical (unpaired) electrons. The zero-order valence-electron chi connectivity index (χ0n) is 9.30. The quantitative estimate of drug-likeness (QED) is 0.638. The molecule has 0 saturated heterocycles. The number of hydrogen-bond donors (Lipinski definition) is 0. The fourth-order valence-corrected chi connectivity index (χ4v) is 1.42. The lowest BCUT2D eigenvalue weighted by Gasteiger charge is -2.09. The number of carbonyl (C=O) groups is 1. The van der Waals surface area contributed by atoms with Crippen LogP contribution < -0.4 is 0 Å². The van der Waals surface area contributed by atoms with Crippen molar-refractivity contribution in [1.29, 1.82) is 0 Å². The van der Waals surface area contributed by atoms with E-state index in [-0.39, 0.29) is 5.56 Å². The molecule has 19 heavy (non-hydrogen) atoms. The first-order valence-corrected chi connectivity index (χ1v) is 5.09. The second-order valence-corrected chi connectivity index (χ2v) is 3.65. The van der Waals surface area contributed by atoms with Crippen molar-refractivity contribution in [3.63, 3.8) is 0 Å². The molecule has 0 bridgehead atoms. The van der Waals surface area contributed by atoms with Gasteiger partial charge >= 0.3 is 6.18 Å². The third-order valence-corrected chi connectivity index (χ3v) is 2.38. The fraction of sp³-hybridized carbons (Fsp3) is 0.182. The summed E-state index contributed by atoms with van der Waals surface area (Å²) < 4.78 is 51.3. The van der Waals surface area contributed by atoms with E-state index in [0.29, 0.717) is 4.68 Å². The van der Waals surface area contributed by atoms with Gasteiger partial charge in [0.15, 0.2) is 0 Å². The van der Waals surface area contributed by atoms with Crippen molar-refractivity contribution in [2.24, 2.45) is 0 Å². The van der Waals surface area contributed by atoms with Gasteiger partial charge in [-0.05, 0) is 12.1 Å². The zero-order valence-corrected chi connectivity index (χ0v) is 9.30.